The molecule has 0 unspecified atom stereocenters. The molecule has 5 aliphatic rings. The Kier molecular flexibility index (Phi) is 4.08. The third-order valence-electron chi connectivity index (χ3n) is 7.05. The van der Waals surface area contributed by atoms with E-state index in [0.29, 0.717) is 23.4 Å². The van der Waals surface area contributed by atoms with Crippen LogP contribution in [-0.2, 0) is 16.2 Å². The van der Waals surface area contributed by atoms with E-state index in [1.165, 1.54) is 18.3 Å². The van der Waals surface area contributed by atoms with Crippen LogP contribution in [0.5, 0.6) is 5.75 Å². The van der Waals surface area contributed by atoms with Crippen LogP contribution in [0.1, 0.15) is 17.9 Å². The Morgan fingerprint density at radius 1 is 1.09 bits per heavy atom. The number of hydrogen-bond acceptors (Lipinski definition) is 7. The molecule has 3 fully saturated rings. The minimum atomic E-state index is -0.511. The van der Waals surface area contributed by atoms with Gasteiger partial charge in [0.1, 0.15) is 18.1 Å². The van der Waals surface area contributed by atoms with Gasteiger partial charge in [-0.2, -0.15) is 10.1 Å². The van der Waals surface area contributed by atoms with E-state index in [9.17, 15) is 19.7 Å². The molecule has 162 valence electrons. The maximum atomic E-state index is 12.9. The summed E-state index contributed by atoms with van der Waals surface area (Å²) in [6.45, 7) is -0.0117. The van der Waals surface area contributed by atoms with Gasteiger partial charge in [0.05, 0.1) is 23.0 Å². The van der Waals surface area contributed by atoms with Gasteiger partial charge in [-0.15, -0.1) is 0 Å². The van der Waals surface area contributed by atoms with Crippen molar-refractivity contribution in [2.75, 3.05) is 0 Å². The van der Waals surface area contributed by atoms with Gasteiger partial charge in [0.2, 0.25) is 0 Å². The number of ether oxygens (including phenoxy) is 1. The predicted octanol–water partition coefficient (Wildman–Crippen LogP) is 3.15. The number of nitrogens with zero attached hydrogens (tertiary/aromatic N) is 3. The Morgan fingerprint density at radius 2 is 1.78 bits per heavy atom. The van der Waals surface area contributed by atoms with Crippen LogP contribution in [0, 0.1) is 45.6 Å². The largest absolute Gasteiger partial charge is 0.479 e. The summed E-state index contributed by atoms with van der Waals surface area (Å²) in [5.74, 6) is 1.27. The number of imide groups is 1. The van der Waals surface area contributed by atoms with Gasteiger partial charge in [0.25, 0.3) is 11.8 Å². The lowest BCUT2D eigenvalue weighted by Gasteiger charge is -2.37. The fourth-order valence-electron chi connectivity index (χ4n) is 5.59. The van der Waals surface area contributed by atoms with Crippen LogP contribution < -0.4 is 4.74 Å². The topological polar surface area (TPSA) is 115 Å². The lowest BCUT2D eigenvalue weighted by molar-refractivity contribution is -0.386. The molecule has 1 aromatic carbocycles. The van der Waals surface area contributed by atoms with Crippen molar-refractivity contribution in [2.24, 2.45) is 40.6 Å². The summed E-state index contributed by atoms with van der Waals surface area (Å²) >= 11 is 0. The average molecular weight is 433 g/mol. The van der Waals surface area contributed by atoms with Gasteiger partial charge in [-0.1, -0.05) is 24.3 Å². The van der Waals surface area contributed by atoms with Crippen LogP contribution in [-0.4, -0.2) is 28.0 Å². The van der Waals surface area contributed by atoms with Gasteiger partial charge in [-0.25, -0.2) is 0 Å². The van der Waals surface area contributed by atoms with Crippen LogP contribution in [0.3, 0.4) is 0 Å². The molecule has 0 spiro atoms. The molecule has 6 atom stereocenters. The summed E-state index contributed by atoms with van der Waals surface area (Å²) in [5, 5.41) is 16.2. The van der Waals surface area contributed by atoms with E-state index >= 15 is 0 Å². The Morgan fingerprint density at radius 3 is 2.47 bits per heavy atom. The molecule has 1 saturated heterocycles. The lowest BCUT2D eigenvalue weighted by Crippen LogP contribution is -2.40. The molecule has 2 heterocycles. The Hall–Kier alpha value is -3.75. The maximum Gasteiger partial charge on any atom is 0.310 e. The minimum Gasteiger partial charge on any atom is -0.479 e. The molecule has 32 heavy (non-hydrogen) atoms. The van der Waals surface area contributed by atoms with Crippen molar-refractivity contribution in [3.63, 3.8) is 0 Å². The van der Waals surface area contributed by atoms with Crippen LogP contribution >= 0.6 is 0 Å². The summed E-state index contributed by atoms with van der Waals surface area (Å²) in [6, 6.07) is 9.38. The first-order valence-corrected chi connectivity index (χ1v) is 10.6. The van der Waals surface area contributed by atoms with E-state index in [4.69, 9.17) is 9.15 Å². The Balaban J connectivity index is 1.14. The average Bonchev–Trinajstić information content (AvgIpc) is 3.45. The number of hydrazone groups is 1. The summed E-state index contributed by atoms with van der Waals surface area (Å²) in [4.78, 5) is 36.4. The number of furan rings is 1. The second-order valence-electron chi connectivity index (χ2n) is 8.71. The molecule has 2 aromatic rings. The molecular formula is C23H19N3O6. The van der Waals surface area contributed by atoms with Gasteiger partial charge in [-0.3, -0.25) is 19.7 Å². The number of nitro benzene ring substituents is 1. The number of rotatable bonds is 6. The number of hydrogen-bond donors (Lipinski definition) is 0. The third kappa shape index (κ3) is 2.80. The Labute approximate surface area is 182 Å². The molecule has 2 saturated carbocycles. The number of para-hydroxylation sites is 2. The first-order chi connectivity index (χ1) is 15.5. The highest BCUT2D eigenvalue weighted by Gasteiger charge is 2.67. The fourth-order valence-corrected chi connectivity index (χ4v) is 5.59. The summed E-state index contributed by atoms with van der Waals surface area (Å²) in [6.07, 6.45) is 6.70. The highest BCUT2D eigenvalue weighted by atomic mass is 16.6. The Bertz CT molecular complexity index is 1160. The predicted molar refractivity (Wildman–Crippen MR) is 110 cm³/mol. The molecule has 0 radical (unpaired) electrons. The molecule has 9 heteroatoms. The molecule has 1 aliphatic heterocycles. The van der Waals surface area contributed by atoms with Gasteiger partial charge < -0.3 is 9.15 Å². The summed E-state index contributed by atoms with van der Waals surface area (Å²) in [7, 11) is 0. The first kappa shape index (κ1) is 19.0. The molecule has 9 nitrogen and oxygen atoms in total. The van der Waals surface area contributed by atoms with Crippen molar-refractivity contribution in [3.05, 3.63) is 70.2 Å². The van der Waals surface area contributed by atoms with Crippen molar-refractivity contribution in [2.45, 2.75) is 13.0 Å². The zero-order valence-corrected chi connectivity index (χ0v) is 16.9. The fraction of sp³-hybridized carbons (Fsp3) is 0.348. The third-order valence-corrected chi connectivity index (χ3v) is 7.05. The maximum absolute atomic E-state index is 12.9. The number of nitro groups is 1. The number of benzene rings is 1. The molecule has 1 aromatic heterocycles. The highest BCUT2D eigenvalue weighted by Crippen LogP contribution is 2.65. The molecule has 2 bridgehead atoms. The quantitative estimate of drug-likeness (QED) is 0.227. The van der Waals surface area contributed by atoms with Crippen LogP contribution in [0.4, 0.5) is 5.69 Å². The van der Waals surface area contributed by atoms with Gasteiger partial charge in [0.15, 0.2) is 5.75 Å². The summed E-state index contributed by atoms with van der Waals surface area (Å²) < 4.78 is 11.1. The zero-order valence-electron chi connectivity index (χ0n) is 16.9. The minimum absolute atomic E-state index is 0.0117. The van der Waals surface area contributed by atoms with E-state index < -0.39 is 4.92 Å². The van der Waals surface area contributed by atoms with Crippen LogP contribution in [0.15, 0.2) is 58.1 Å². The monoisotopic (exact) mass is 433 g/mol. The lowest BCUT2D eigenvalue weighted by atomic mass is 9.63. The van der Waals surface area contributed by atoms with Crippen molar-refractivity contribution in [3.8, 4) is 5.75 Å². The van der Waals surface area contributed by atoms with E-state index in [1.807, 2.05) is 0 Å². The van der Waals surface area contributed by atoms with Crippen molar-refractivity contribution in [1.82, 2.24) is 5.01 Å². The number of allylic oxidation sites excluding steroid dienone is 2. The van der Waals surface area contributed by atoms with Crippen molar-refractivity contribution < 1.29 is 23.7 Å². The molecule has 4 aliphatic carbocycles. The molecule has 7 rings (SSSR count). The normalized spacial score (nSPS) is 31.8. The van der Waals surface area contributed by atoms with Crippen LogP contribution in [0.25, 0.3) is 0 Å². The van der Waals surface area contributed by atoms with Gasteiger partial charge >= 0.3 is 5.69 Å². The zero-order chi connectivity index (χ0) is 22.0. The molecule has 0 N–H and O–H groups in total. The van der Waals surface area contributed by atoms with E-state index in [-0.39, 0.29) is 53.5 Å². The van der Waals surface area contributed by atoms with Crippen molar-refractivity contribution >= 4 is 23.7 Å². The standard InChI is InChI=1S/C23H19N3O6/c27-22-20-14-7-8-15(17-9-16(14)17)21(20)23(28)25(22)24-10-12-5-6-13(32-12)11-31-19-4-2-1-3-18(19)26(29)30/h1-8,10,14-17,20-21H,9,11H2/b24-10-/t14-,15+,16-,17-,20+,21-/m1/s1. The number of amides is 2. The SMILES string of the molecule is O=C1[C@@H]2[C@H]3C=C[C@H]([C@H]4C[C@H]34)[C@@H]2C(=O)N1/N=C\c1ccc(COc2ccccc2[N+](=O)[O-])o1. The molecule has 2 amide bonds. The second-order valence-corrected chi connectivity index (χ2v) is 8.71. The highest BCUT2D eigenvalue weighted by molar-refractivity contribution is 6.06. The van der Waals surface area contributed by atoms with Gasteiger partial charge in [0, 0.05) is 6.07 Å². The molecular weight excluding hydrogens is 414 g/mol. The smallest absolute Gasteiger partial charge is 0.310 e. The summed E-state index contributed by atoms with van der Waals surface area (Å²) in [5.41, 5.74) is -0.130. The van der Waals surface area contributed by atoms with E-state index in [1.54, 1.807) is 24.3 Å². The first-order valence-electron chi connectivity index (χ1n) is 10.6. The van der Waals surface area contributed by atoms with Gasteiger partial charge in [-0.05, 0) is 48.3 Å². The second kappa shape index (κ2) is 6.88. The van der Waals surface area contributed by atoms with E-state index in [0.717, 1.165) is 11.4 Å². The number of carbonyl (C=O) groups is 2. The number of carbonyl (C=O) groups excluding carboxylic acids is 2. The van der Waals surface area contributed by atoms with E-state index in [2.05, 4.69) is 17.3 Å². The van der Waals surface area contributed by atoms with Crippen LogP contribution in [0.2, 0.25) is 0 Å². The van der Waals surface area contributed by atoms with Crippen molar-refractivity contribution in [1.29, 1.82) is 0 Å².